The van der Waals surface area contributed by atoms with Gasteiger partial charge in [0.2, 0.25) is 5.78 Å². The normalized spacial score (nSPS) is 48.2. The van der Waals surface area contributed by atoms with Crippen molar-refractivity contribution in [2.24, 2.45) is 50.2 Å². The lowest BCUT2D eigenvalue weighted by Crippen LogP contribution is -2.66. The summed E-state index contributed by atoms with van der Waals surface area (Å²) in [5.74, 6) is 0.308. The van der Waals surface area contributed by atoms with E-state index in [0.717, 1.165) is 57.6 Å². The lowest BCUT2D eigenvalue weighted by molar-refractivity contribution is -0.210. The predicted molar refractivity (Wildman–Crippen MR) is 150 cm³/mol. The van der Waals surface area contributed by atoms with Crippen LogP contribution in [0.1, 0.15) is 113 Å². The first-order chi connectivity index (χ1) is 18.0. The summed E-state index contributed by atoms with van der Waals surface area (Å²) in [7, 11) is 0. The molecule has 0 saturated heterocycles. The Morgan fingerprint density at radius 1 is 0.974 bits per heavy atom. The summed E-state index contributed by atoms with van der Waals surface area (Å²) in [6.07, 6.45) is 11.2. The smallest absolute Gasteiger partial charge is 0.323 e. The van der Waals surface area contributed by atoms with Gasteiger partial charge in [-0.25, -0.2) is 0 Å². The van der Waals surface area contributed by atoms with Crippen LogP contribution < -0.4 is 0 Å². The van der Waals surface area contributed by atoms with Crippen LogP contribution in [0.5, 0.6) is 0 Å². The van der Waals surface area contributed by atoms with Crippen molar-refractivity contribution in [3.8, 4) is 0 Å². The summed E-state index contributed by atoms with van der Waals surface area (Å²) in [6, 6.07) is 0. The summed E-state index contributed by atoms with van der Waals surface area (Å²) in [5.41, 5.74) is 9.18. The number of rotatable bonds is 3. The fraction of sp³-hybridized carbons (Fsp3) is 0.818. The molecule has 0 heterocycles. The zero-order valence-corrected chi connectivity index (χ0v) is 25.4. The molecule has 0 radical (unpaired) electrons. The van der Waals surface area contributed by atoms with E-state index in [0.29, 0.717) is 12.3 Å². The lowest BCUT2D eigenvalue weighted by Gasteiger charge is -2.70. The van der Waals surface area contributed by atoms with Crippen LogP contribution in [0.3, 0.4) is 0 Å². The van der Waals surface area contributed by atoms with Crippen molar-refractivity contribution in [2.45, 2.75) is 119 Å². The third-order valence-corrected chi connectivity index (χ3v) is 13.6. The summed E-state index contributed by atoms with van der Waals surface area (Å²) in [6.45, 7) is 17.5. The zero-order chi connectivity index (χ0) is 28.8. The average Bonchev–Trinajstić information content (AvgIpc) is 2.83. The van der Waals surface area contributed by atoms with Crippen LogP contribution >= 0.6 is 0 Å². The number of ether oxygens (including phenoxy) is 1. The lowest BCUT2D eigenvalue weighted by atomic mass is 9.33. The highest BCUT2D eigenvalue weighted by atomic mass is 16.5. The van der Waals surface area contributed by atoms with Gasteiger partial charge in [0.25, 0.3) is 0 Å². The molecule has 0 spiro atoms. The molecule has 0 unspecified atom stereocenters. The first-order valence-electron chi connectivity index (χ1n) is 15.1. The highest BCUT2D eigenvalue weighted by Gasteiger charge is 2.70. The summed E-state index contributed by atoms with van der Waals surface area (Å²) < 4.78 is 5.83. The third-order valence-electron chi connectivity index (χ3n) is 13.6. The van der Waals surface area contributed by atoms with Crippen LogP contribution in [0.15, 0.2) is 11.6 Å². The molecule has 39 heavy (non-hydrogen) atoms. The Morgan fingerprint density at radius 2 is 1.64 bits per heavy atom. The van der Waals surface area contributed by atoms with Gasteiger partial charge in [-0.05, 0) is 97.4 Å². The number of esters is 1. The molecule has 0 aromatic rings. The van der Waals surface area contributed by atoms with Gasteiger partial charge in [-0.2, -0.15) is 4.79 Å². The quantitative estimate of drug-likeness (QED) is 0.172. The van der Waals surface area contributed by atoms with Crippen molar-refractivity contribution in [3.63, 3.8) is 0 Å². The van der Waals surface area contributed by atoms with Gasteiger partial charge >= 0.3 is 12.2 Å². The Bertz CT molecular complexity index is 1200. The largest absolute Gasteiger partial charge is 0.462 e. The van der Waals surface area contributed by atoms with Gasteiger partial charge in [0, 0.05) is 23.7 Å². The van der Waals surface area contributed by atoms with Crippen molar-refractivity contribution in [2.75, 3.05) is 0 Å². The van der Waals surface area contributed by atoms with Crippen molar-refractivity contribution in [1.29, 1.82) is 0 Å². The molecule has 5 rings (SSSR count). The zero-order valence-electron chi connectivity index (χ0n) is 25.4. The summed E-state index contributed by atoms with van der Waals surface area (Å²) in [5, 5.41) is 0. The topological polar surface area (TPSA) is 96.8 Å². The Labute approximate surface area is 234 Å². The van der Waals surface area contributed by atoms with Crippen molar-refractivity contribution >= 4 is 23.8 Å². The monoisotopic (exact) mass is 536 g/mol. The first-order valence-corrected chi connectivity index (χ1v) is 15.1. The first kappa shape index (κ1) is 28.5. The molecule has 4 saturated carbocycles. The second-order valence-electron chi connectivity index (χ2n) is 15.8. The number of hydrogen-bond acceptors (Lipinski definition) is 4. The number of fused-ring (bicyclic) bond motifs is 7. The number of carbonyl (C=O) groups is 3. The van der Waals surface area contributed by atoms with Gasteiger partial charge in [-0.15, -0.1) is 0 Å². The molecule has 0 bridgehead atoms. The molecule has 6 heteroatoms. The molecule has 6 nitrogen and oxygen atoms in total. The maximum atomic E-state index is 14.5. The van der Waals surface area contributed by atoms with E-state index in [4.69, 9.17) is 10.3 Å². The van der Waals surface area contributed by atoms with E-state index in [9.17, 15) is 14.4 Å². The molecule has 5 aliphatic rings. The number of ketones is 2. The standard InChI is InChI=1S/C33H48N2O4/c1-20(36)39-26-10-11-31(6)24(28(26,2)3)9-12-33(8)27(31)23(37)17-21-22-18-30(5,25(38)19-35-34)14-13-29(22,4)15-16-32(21,33)7/h17,19,22,24,26-27H,9-16,18H2,1-8H3/t22-,24-,26-,27+,29+,30-,31-,32+,33+/m0/s1. The van der Waals surface area contributed by atoms with E-state index in [1.165, 1.54) is 12.5 Å². The second-order valence-corrected chi connectivity index (χ2v) is 15.8. The molecule has 214 valence electrons. The molecule has 0 amide bonds. The number of nitrogens with zero attached hydrogens (tertiary/aromatic N) is 2. The Balaban J connectivity index is 1.57. The number of allylic oxidation sites excluding steroid dienone is 2. The van der Waals surface area contributed by atoms with Crippen molar-refractivity contribution in [1.82, 2.24) is 0 Å². The van der Waals surface area contributed by atoms with Gasteiger partial charge in [0.05, 0.1) is 0 Å². The Kier molecular flexibility index (Phi) is 6.36. The minimum atomic E-state index is -0.584. The Hall–Kier alpha value is -2.07. The van der Waals surface area contributed by atoms with E-state index in [1.807, 2.05) is 13.0 Å². The molecule has 0 aromatic heterocycles. The number of hydrogen-bond donors (Lipinski definition) is 0. The van der Waals surface area contributed by atoms with Crippen LogP contribution in [-0.4, -0.2) is 34.6 Å². The minimum absolute atomic E-state index is 0.0656. The maximum absolute atomic E-state index is 14.5. The molecule has 4 fully saturated rings. The highest BCUT2D eigenvalue weighted by molar-refractivity contribution is 6.27. The molecule has 5 aliphatic carbocycles. The van der Waals surface area contributed by atoms with E-state index in [2.05, 4.69) is 46.3 Å². The van der Waals surface area contributed by atoms with Gasteiger partial charge in [0.1, 0.15) is 6.10 Å². The average molecular weight is 537 g/mol. The molecular formula is C33H48N2O4. The molecule has 0 aliphatic heterocycles. The van der Waals surface area contributed by atoms with Crippen LogP contribution in [0.25, 0.3) is 5.53 Å². The van der Waals surface area contributed by atoms with Gasteiger partial charge in [0.15, 0.2) is 5.78 Å². The second kappa shape index (κ2) is 8.71. The van der Waals surface area contributed by atoms with Crippen molar-refractivity contribution in [3.05, 3.63) is 17.2 Å². The fourth-order valence-corrected chi connectivity index (χ4v) is 11.0. The van der Waals surface area contributed by atoms with Crippen molar-refractivity contribution < 1.29 is 23.9 Å². The molecule has 0 aromatic carbocycles. The summed E-state index contributed by atoms with van der Waals surface area (Å²) in [4.78, 5) is 42.4. The van der Waals surface area contributed by atoms with Crippen LogP contribution in [0.4, 0.5) is 0 Å². The SMILES string of the molecule is CC(=O)O[C@H]1CC[C@]2(C)[C@H]3C(=O)C=C4[C@@H]5C[C@@](C)(C(=O)C=[N+]=[N-])CC[C@]5(C)CC[C@@]4(C)[C@]3(C)CC[C@H]2C1(C)C. The van der Waals surface area contributed by atoms with Crippen LogP contribution in [0.2, 0.25) is 0 Å². The van der Waals surface area contributed by atoms with E-state index in [-0.39, 0.29) is 62.6 Å². The minimum Gasteiger partial charge on any atom is -0.462 e. The van der Waals surface area contributed by atoms with Crippen LogP contribution in [-0.2, 0) is 19.1 Å². The number of Topliss-reactive ketones (excluding diaryl/α,β-unsaturated/α-hetero) is 1. The van der Waals surface area contributed by atoms with Crippen LogP contribution in [0, 0.1) is 50.2 Å². The summed E-state index contributed by atoms with van der Waals surface area (Å²) >= 11 is 0. The van der Waals surface area contributed by atoms with E-state index in [1.54, 1.807) is 0 Å². The highest BCUT2D eigenvalue weighted by Crippen LogP contribution is 2.75. The van der Waals surface area contributed by atoms with E-state index >= 15 is 0 Å². The van der Waals surface area contributed by atoms with E-state index < -0.39 is 5.41 Å². The molecular weight excluding hydrogens is 488 g/mol. The third kappa shape index (κ3) is 3.76. The number of carbonyl (C=O) groups excluding carboxylic acids is 3. The molecule has 0 N–H and O–H groups in total. The van der Waals surface area contributed by atoms with Gasteiger partial charge < -0.3 is 10.3 Å². The Morgan fingerprint density at radius 3 is 2.28 bits per heavy atom. The maximum Gasteiger partial charge on any atom is 0.323 e. The van der Waals surface area contributed by atoms with Gasteiger partial charge in [-0.3, -0.25) is 14.4 Å². The fourth-order valence-electron chi connectivity index (χ4n) is 11.0. The predicted octanol–water partition coefficient (Wildman–Crippen LogP) is 6.77. The molecule has 9 atom stereocenters. The van der Waals surface area contributed by atoms with Gasteiger partial charge in [-0.1, -0.05) is 54.0 Å².